The zero-order chi connectivity index (χ0) is 30.4. The van der Waals surface area contributed by atoms with E-state index in [1.54, 1.807) is 24.3 Å². The molecule has 0 saturated heterocycles. The highest BCUT2D eigenvalue weighted by Crippen LogP contribution is 2.31. The van der Waals surface area contributed by atoms with Gasteiger partial charge in [0.2, 0.25) is 5.91 Å². The standard InChI is InChI=1S/C29H23N3O9S/c1-18(33)40-23-14-20(15-24(17-23)41-19(2)34)12-13-29(35)30-27-10-4-9-26-25(27)8-5-11-28(26)42(38,39)31-21-6-3-7-22(16-21)32(36)37/h3-17,31H,1-2H3,(H,30,35)/b13-12+. The van der Waals surface area contributed by atoms with Crippen LogP contribution in [0.25, 0.3) is 16.8 Å². The molecule has 0 unspecified atom stereocenters. The summed E-state index contributed by atoms with van der Waals surface area (Å²) in [7, 11) is -4.17. The van der Waals surface area contributed by atoms with E-state index in [1.807, 2.05) is 0 Å². The largest absolute Gasteiger partial charge is 0.427 e. The van der Waals surface area contributed by atoms with Gasteiger partial charge in [-0.3, -0.25) is 29.2 Å². The number of ether oxygens (including phenoxy) is 2. The third-order valence-electron chi connectivity index (χ3n) is 5.59. The van der Waals surface area contributed by atoms with E-state index in [2.05, 4.69) is 10.0 Å². The number of nitro groups is 1. The number of anilines is 2. The van der Waals surface area contributed by atoms with Crippen molar-refractivity contribution in [2.45, 2.75) is 18.7 Å². The van der Waals surface area contributed by atoms with Crippen LogP contribution >= 0.6 is 0 Å². The third-order valence-corrected chi connectivity index (χ3v) is 7.03. The van der Waals surface area contributed by atoms with Crippen LogP contribution in [-0.2, 0) is 24.4 Å². The number of hydrogen-bond acceptors (Lipinski definition) is 9. The lowest BCUT2D eigenvalue weighted by atomic mass is 10.1. The molecular formula is C29H23N3O9S. The highest BCUT2D eigenvalue weighted by molar-refractivity contribution is 7.93. The Bertz CT molecular complexity index is 1830. The Morgan fingerprint density at radius 2 is 1.45 bits per heavy atom. The van der Waals surface area contributed by atoms with Crippen LogP contribution in [0, 0.1) is 10.1 Å². The van der Waals surface area contributed by atoms with Gasteiger partial charge < -0.3 is 14.8 Å². The number of fused-ring (bicyclic) bond motifs is 1. The molecular weight excluding hydrogens is 566 g/mol. The minimum atomic E-state index is -4.17. The quantitative estimate of drug-likeness (QED) is 0.0891. The summed E-state index contributed by atoms with van der Waals surface area (Å²) in [5, 5.41) is 14.5. The first-order chi connectivity index (χ1) is 19.9. The maximum absolute atomic E-state index is 13.2. The molecule has 42 heavy (non-hydrogen) atoms. The topological polar surface area (TPSA) is 171 Å². The number of esters is 2. The van der Waals surface area contributed by atoms with Gasteiger partial charge in [0.05, 0.1) is 15.5 Å². The van der Waals surface area contributed by atoms with E-state index in [4.69, 9.17) is 9.47 Å². The highest BCUT2D eigenvalue weighted by atomic mass is 32.2. The van der Waals surface area contributed by atoms with Crippen LogP contribution in [0.5, 0.6) is 11.5 Å². The fraction of sp³-hybridized carbons (Fsp3) is 0.0690. The molecule has 0 aliphatic heterocycles. The Kier molecular flexibility index (Phi) is 8.62. The lowest BCUT2D eigenvalue weighted by Crippen LogP contribution is -2.14. The summed E-state index contributed by atoms with van der Waals surface area (Å²) < 4.78 is 39.0. The van der Waals surface area contributed by atoms with Crippen LogP contribution in [0.3, 0.4) is 0 Å². The molecule has 0 aromatic heterocycles. The molecule has 4 aromatic carbocycles. The van der Waals surface area contributed by atoms with Crippen molar-refractivity contribution in [1.29, 1.82) is 0 Å². The number of nitrogens with one attached hydrogen (secondary N) is 2. The fourth-order valence-corrected chi connectivity index (χ4v) is 5.28. The molecule has 0 aliphatic carbocycles. The minimum Gasteiger partial charge on any atom is -0.427 e. The summed E-state index contributed by atoms with van der Waals surface area (Å²) in [4.78, 5) is 45.9. The number of sulfonamides is 1. The molecule has 214 valence electrons. The minimum absolute atomic E-state index is 0.0189. The number of non-ortho nitro benzene ring substituents is 1. The number of benzene rings is 4. The Hall–Kier alpha value is -5.56. The van der Waals surface area contributed by atoms with E-state index < -0.39 is 32.8 Å². The molecule has 2 N–H and O–H groups in total. The van der Waals surface area contributed by atoms with Crippen molar-refractivity contribution in [3.05, 3.63) is 101 Å². The molecule has 0 radical (unpaired) electrons. The average Bonchev–Trinajstić information content (AvgIpc) is 2.91. The predicted molar refractivity (Wildman–Crippen MR) is 155 cm³/mol. The first kappa shape index (κ1) is 29.4. The molecule has 0 aliphatic rings. The van der Waals surface area contributed by atoms with Gasteiger partial charge in [0.15, 0.2) is 0 Å². The van der Waals surface area contributed by atoms with E-state index in [0.29, 0.717) is 22.0 Å². The molecule has 0 heterocycles. The third kappa shape index (κ3) is 7.34. The first-order valence-corrected chi connectivity index (χ1v) is 13.7. The van der Waals surface area contributed by atoms with E-state index in [9.17, 15) is 32.9 Å². The molecule has 1 amide bonds. The summed E-state index contributed by atoms with van der Waals surface area (Å²) in [6.07, 6.45) is 2.62. The van der Waals surface area contributed by atoms with Gasteiger partial charge in [-0.25, -0.2) is 8.42 Å². The van der Waals surface area contributed by atoms with Gasteiger partial charge in [-0.05, 0) is 42.0 Å². The highest BCUT2D eigenvalue weighted by Gasteiger charge is 2.20. The summed E-state index contributed by atoms with van der Waals surface area (Å²) in [6.45, 7) is 2.43. The molecule has 0 spiro atoms. The second kappa shape index (κ2) is 12.3. The van der Waals surface area contributed by atoms with E-state index in [-0.39, 0.29) is 27.8 Å². The lowest BCUT2D eigenvalue weighted by molar-refractivity contribution is -0.384. The monoisotopic (exact) mass is 589 g/mol. The second-order valence-electron chi connectivity index (χ2n) is 8.82. The molecule has 12 nitrogen and oxygen atoms in total. The number of carbonyl (C=O) groups excluding carboxylic acids is 3. The maximum Gasteiger partial charge on any atom is 0.308 e. The van der Waals surface area contributed by atoms with Crippen LogP contribution in [-0.4, -0.2) is 31.2 Å². The van der Waals surface area contributed by atoms with Gasteiger partial charge in [-0.1, -0.05) is 30.3 Å². The van der Waals surface area contributed by atoms with Crippen molar-refractivity contribution in [1.82, 2.24) is 0 Å². The molecule has 0 fully saturated rings. The van der Waals surface area contributed by atoms with Crippen LogP contribution in [0.1, 0.15) is 19.4 Å². The number of nitro benzene ring substituents is 1. The zero-order valence-corrected chi connectivity index (χ0v) is 23.0. The molecule has 0 bridgehead atoms. The molecule has 4 aromatic rings. The van der Waals surface area contributed by atoms with E-state index in [0.717, 1.165) is 6.07 Å². The summed E-state index contributed by atoms with van der Waals surface area (Å²) in [5.41, 5.74) is 0.472. The Labute approximate surface area is 239 Å². The molecule has 13 heteroatoms. The molecule has 4 rings (SSSR count). The average molecular weight is 590 g/mol. The fourth-order valence-electron chi connectivity index (χ4n) is 4.00. The number of carbonyl (C=O) groups is 3. The van der Waals surface area contributed by atoms with Gasteiger partial charge in [0, 0.05) is 54.6 Å². The summed E-state index contributed by atoms with van der Waals surface area (Å²) >= 11 is 0. The van der Waals surface area contributed by atoms with Crippen molar-refractivity contribution in [2.24, 2.45) is 0 Å². The van der Waals surface area contributed by atoms with Crippen molar-refractivity contribution in [3.8, 4) is 11.5 Å². The summed E-state index contributed by atoms with van der Waals surface area (Å²) in [5.74, 6) is -1.50. The lowest BCUT2D eigenvalue weighted by Gasteiger charge is -2.13. The normalized spacial score (nSPS) is 11.2. The van der Waals surface area contributed by atoms with Gasteiger partial charge in [0.25, 0.3) is 15.7 Å². The first-order valence-electron chi connectivity index (χ1n) is 12.2. The summed E-state index contributed by atoms with van der Waals surface area (Å²) in [6, 6.07) is 18.7. The van der Waals surface area contributed by atoms with Crippen LogP contribution in [0.15, 0.2) is 89.8 Å². The van der Waals surface area contributed by atoms with E-state index in [1.165, 1.54) is 74.5 Å². The van der Waals surface area contributed by atoms with Gasteiger partial charge in [-0.15, -0.1) is 0 Å². The second-order valence-corrected chi connectivity index (χ2v) is 10.5. The van der Waals surface area contributed by atoms with Crippen LogP contribution in [0.4, 0.5) is 17.1 Å². The molecule has 0 atom stereocenters. The smallest absolute Gasteiger partial charge is 0.308 e. The van der Waals surface area contributed by atoms with Crippen molar-refractivity contribution in [2.75, 3.05) is 10.0 Å². The molecule has 0 saturated carbocycles. The van der Waals surface area contributed by atoms with Crippen LogP contribution in [0.2, 0.25) is 0 Å². The van der Waals surface area contributed by atoms with E-state index >= 15 is 0 Å². The number of hydrogen-bond donors (Lipinski definition) is 2. The number of amides is 1. The number of nitrogens with zero attached hydrogens (tertiary/aromatic N) is 1. The SMILES string of the molecule is CC(=O)Oc1cc(/C=C/C(=O)Nc2cccc3c(S(=O)(=O)Nc4cccc([N+](=O)[O-])c4)cccc23)cc(OC(C)=O)c1. The Morgan fingerprint density at radius 3 is 2.10 bits per heavy atom. The Balaban J connectivity index is 1.60. The van der Waals surface area contributed by atoms with Gasteiger partial charge >= 0.3 is 11.9 Å². The van der Waals surface area contributed by atoms with Crippen LogP contribution < -0.4 is 19.5 Å². The predicted octanol–water partition coefficient (Wildman–Crippen LogP) is 5.05. The number of rotatable bonds is 9. The maximum atomic E-state index is 13.2. The van der Waals surface area contributed by atoms with Crippen molar-refractivity contribution in [3.63, 3.8) is 0 Å². The van der Waals surface area contributed by atoms with Crippen molar-refractivity contribution < 1.29 is 37.2 Å². The Morgan fingerprint density at radius 1 is 0.833 bits per heavy atom. The zero-order valence-electron chi connectivity index (χ0n) is 22.2. The van der Waals surface area contributed by atoms with Crippen molar-refractivity contribution >= 4 is 61.8 Å². The van der Waals surface area contributed by atoms with Gasteiger partial charge in [-0.2, -0.15) is 0 Å². The van der Waals surface area contributed by atoms with Gasteiger partial charge in [0.1, 0.15) is 11.5 Å².